The lowest BCUT2D eigenvalue weighted by atomic mass is 10.0. The number of nitrogens with one attached hydrogen (secondary N) is 1. The number of hydrogen-bond acceptors (Lipinski definition) is 4. The van der Waals surface area contributed by atoms with E-state index in [4.69, 9.17) is 0 Å². The molecule has 7 heteroatoms. The minimum absolute atomic E-state index is 0.0407. The molecule has 1 aromatic carbocycles. The normalized spacial score (nSPS) is 22.8. The Kier molecular flexibility index (Phi) is 3.47. The van der Waals surface area contributed by atoms with Gasteiger partial charge in [-0.2, -0.15) is 0 Å². The van der Waals surface area contributed by atoms with Crippen molar-refractivity contribution in [3.05, 3.63) is 23.8 Å². The lowest BCUT2D eigenvalue weighted by Crippen LogP contribution is -2.45. The van der Waals surface area contributed by atoms with E-state index in [1.807, 2.05) is 4.90 Å². The van der Waals surface area contributed by atoms with Gasteiger partial charge in [0.25, 0.3) is 0 Å². The molecule has 1 aromatic rings. The zero-order chi connectivity index (χ0) is 14.2. The highest BCUT2D eigenvalue weighted by atomic mass is 19.3. The number of alkyl halides is 3. The molecule has 20 heavy (non-hydrogen) atoms. The third kappa shape index (κ3) is 2.43. The SMILES string of the molecule is FC[C@@H](c1cccc2c1OC(F)(F)O2)N1CCNCC1. The molecule has 2 heterocycles. The number of rotatable bonds is 3. The molecule has 0 aliphatic carbocycles. The molecule has 0 saturated carbocycles. The first-order chi connectivity index (χ1) is 9.61. The number of piperazine rings is 1. The zero-order valence-electron chi connectivity index (χ0n) is 10.7. The minimum Gasteiger partial charge on any atom is -0.395 e. The smallest absolute Gasteiger partial charge is 0.395 e. The van der Waals surface area contributed by atoms with E-state index in [2.05, 4.69) is 14.8 Å². The van der Waals surface area contributed by atoms with Gasteiger partial charge in [0.1, 0.15) is 6.67 Å². The van der Waals surface area contributed by atoms with Crippen LogP contribution in [0.15, 0.2) is 18.2 Å². The fourth-order valence-corrected chi connectivity index (χ4v) is 2.62. The Bertz CT molecular complexity index is 493. The zero-order valence-corrected chi connectivity index (χ0v) is 10.7. The highest BCUT2D eigenvalue weighted by molar-refractivity contribution is 5.50. The number of ether oxygens (including phenoxy) is 2. The van der Waals surface area contributed by atoms with Crippen molar-refractivity contribution < 1.29 is 22.6 Å². The van der Waals surface area contributed by atoms with Gasteiger partial charge >= 0.3 is 6.29 Å². The van der Waals surface area contributed by atoms with Gasteiger partial charge in [-0.25, -0.2) is 4.39 Å². The van der Waals surface area contributed by atoms with Gasteiger partial charge in [-0.15, -0.1) is 8.78 Å². The second-order valence-electron chi connectivity index (χ2n) is 4.80. The molecule has 110 valence electrons. The van der Waals surface area contributed by atoms with Crippen LogP contribution in [0.1, 0.15) is 11.6 Å². The topological polar surface area (TPSA) is 33.7 Å². The first kappa shape index (κ1) is 13.5. The summed E-state index contributed by atoms with van der Waals surface area (Å²) >= 11 is 0. The second-order valence-corrected chi connectivity index (χ2v) is 4.80. The van der Waals surface area contributed by atoms with Gasteiger partial charge in [-0.05, 0) is 6.07 Å². The fourth-order valence-electron chi connectivity index (χ4n) is 2.62. The molecular weight excluding hydrogens is 273 g/mol. The average Bonchev–Trinajstić information content (AvgIpc) is 2.75. The summed E-state index contributed by atoms with van der Waals surface area (Å²) in [4.78, 5) is 1.92. The Morgan fingerprint density at radius 3 is 2.70 bits per heavy atom. The van der Waals surface area contributed by atoms with Crippen LogP contribution in [-0.2, 0) is 0 Å². The highest BCUT2D eigenvalue weighted by Gasteiger charge is 2.45. The predicted octanol–water partition coefficient (Wildman–Crippen LogP) is 1.92. The summed E-state index contributed by atoms with van der Waals surface area (Å²) in [6, 6.07) is 3.98. The maximum Gasteiger partial charge on any atom is 0.586 e. The van der Waals surface area contributed by atoms with Crippen molar-refractivity contribution in [1.29, 1.82) is 0 Å². The lowest BCUT2D eigenvalue weighted by Gasteiger charge is -2.33. The molecule has 0 unspecified atom stereocenters. The van der Waals surface area contributed by atoms with Gasteiger partial charge in [-0.1, -0.05) is 12.1 Å². The van der Waals surface area contributed by atoms with Crippen LogP contribution in [0.2, 0.25) is 0 Å². The molecule has 1 fully saturated rings. The number of halogens is 3. The van der Waals surface area contributed by atoms with Crippen molar-refractivity contribution in [2.75, 3.05) is 32.9 Å². The van der Waals surface area contributed by atoms with Crippen molar-refractivity contribution in [3.8, 4) is 11.5 Å². The summed E-state index contributed by atoms with van der Waals surface area (Å²) in [6.07, 6.45) is -3.68. The minimum atomic E-state index is -3.68. The number of fused-ring (bicyclic) bond motifs is 1. The summed E-state index contributed by atoms with van der Waals surface area (Å²) in [6.45, 7) is 2.16. The van der Waals surface area contributed by atoms with E-state index in [-0.39, 0.29) is 11.5 Å². The summed E-state index contributed by atoms with van der Waals surface area (Å²) < 4.78 is 48.7. The molecule has 3 rings (SSSR count). The van der Waals surface area contributed by atoms with Crippen LogP contribution in [0.3, 0.4) is 0 Å². The molecule has 1 atom stereocenters. The molecule has 1 N–H and O–H groups in total. The molecule has 2 aliphatic heterocycles. The van der Waals surface area contributed by atoms with Gasteiger partial charge in [0.2, 0.25) is 0 Å². The van der Waals surface area contributed by atoms with Gasteiger partial charge in [0, 0.05) is 31.7 Å². The van der Waals surface area contributed by atoms with Crippen molar-refractivity contribution in [2.24, 2.45) is 0 Å². The van der Waals surface area contributed by atoms with Crippen molar-refractivity contribution >= 4 is 0 Å². The van der Waals surface area contributed by atoms with E-state index in [1.165, 1.54) is 6.07 Å². The number of benzene rings is 1. The number of nitrogens with zero attached hydrogens (tertiary/aromatic N) is 1. The van der Waals surface area contributed by atoms with Crippen molar-refractivity contribution in [2.45, 2.75) is 12.3 Å². The van der Waals surface area contributed by atoms with Crippen LogP contribution in [0, 0.1) is 0 Å². The Morgan fingerprint density at radius 1 is 1.25 bits per heavy atom. The maximum atomic E-state index is 13.4. The molecule has 0 aromatic heterocycles. The number of para-hydroxylation sites is 1. The highest BCUT2D eigenvalue weighted by Crippen LogP contribution is 2.46. The van der Waals surface area contributed by atoms with E-state index in [9.17, 15) is 13.2 Å². The molecule has 0 bridgehead atoms. The van der Waals surface area contributed by atoms with Crippen LogP contribution in [0.4, 0.5) is 13.2 Å². The first-order valence-corrected chi connectivity index (χ1v) is 6.50. The Balaban J connectivity index is 1.91. The quantitative estimate of drug-likeness (QED) is 0.921. The Hall–Kier alpha value is -1.47. The average molecular weight is 288 g/mol. The number of hydrogen-bond donors (Lipinski definition) is 1. The molecule has 1 saturated heterocycles. The molecule has 0 amide bonds. The van der Waals surface area contributed by atoms with Crippen LogP contribution >= 0.6 is 0 Å². The van der Waals surface area contributed by atoms with E-state index in [1.54, 1.807) is 12.1 Å². The third-order valence-corrected chi connectivity index (χ3v) is 3.56. The molecule has 2 aliphatic rings. The van der Waals surface area contributed by atoms with Crippen LogP contribution < -0.4 is 14.8 Å². The standard InChI is InChI=1S/C13H15F3N2O2/c14-8-10(18-6-4-17-5-7-18)9-2-1-3-11-12(9)20-13(15,16)19-11/h1-3,10,17H,4-8H2/t10-/m0/s1. The van der Waals surface area contributed by atoms with Gasteiger partial charge in [0.15, 0.2) is 11.5 Å². The van der Waals surface area contributed by atoms with E-state index in [0.717, 1.165) is 13.1 Å². The van der Waals surface area contributed by atoms with Crippen molar-refractivity contribution in [3.63, 3.8) is 0 Å². The van der Waals surface area contributed by atoms with Gasteiger partial charge in [-0.3, -0.25) is 4.90 Å². The largest absolute Gasteiger partial charge is 0.586 e. The summed E-state index contributed by atoms with van der Waals surface area (Å²) in [7, 11) is 0. The van der Waals surface area contributed by atoms with E-state index in [0.29, 0.717) is 18.7 Å². The van der Waals surface area contributed by atoms with Crippen LogP contribution in [0.5, 0.6) is 11.5 Å². The summed E-state index contributed by atoms with van der Waals surface area (Å²) in [5, 5.41) is 3.17. The summed E-state index contributed by atoms with van der Waals surface area (Å²) in [5.74, 6) is -0.0974. The predicted molar refractivity (Wildman–Crippen MR) is 65.8 cm³/mol. The lowest BCUT2D eigenvalue weighted by molar-refractivity contribution is -0.287. The Morgan fingerprint density at radius 2 is 2.00 bits per heavy atom. The maximum absolute atomic E-state index is 13.4. The molecule has 4 nitrogen and oxygen atoms in total. The van der Waals surface area contributed by atoms with Gasteiger partial charge < -0.3 is 14.8 Å². The fraction of sp³-hybridized carbons (Fsp3) is 0.538. The third-order valence-electron chi connectivity index (χ3n) is 3.56. The van der Waals surface area contributed by atoms with E-state index >= 15 is 0 Å². The second kappa shape index (κ2) is 5.14. The first-order valence-electron chi connectivity index (χ1n) is 6.50. The molecule has 0 spiro atoms. The monoisotopic (exact) mass is 288 g/mol. The van der Waals surface area contributed by atoms with Crippen molar-refractivity contribution in [1.82, 2.24) is 10.2 Å². The van der Waals surface area contributed by atoms with E-state index < -0.39 is 19.0 Å². The summed E-state index contributed by atoms with van der Waals surface area (Å²) in [5.41, 5.74) is 0.407. The molecular formula is C13H15F3N2O2. The molecule has 0 radical (unpaired) electrons. The van der Waals surface area contributed by atoms with Crippen LogP contribution in [0.25, 0.3) is 0 Å². The Labute approximate surface area is 114 Å². The van der Waals surface area contributed by atoms with Crippen LogP contribution in [-0.4, -0.2) is 44.0 Å². The van der Waals surface area contributed by atoms with Gasteiger partial charge in [0.05, 0.1) is 6.04 Å².